The van der Waals surface area contributed by atoms with E-state index in [2.05, 4.69) is 24.3 Å². The Labute approximate surface area is 153 Å². The number of carbonyl (C=O) groups excluding carboxylic acids is 1. The molecule has 2 aliphatic carbocycles. The molecule has 0 radical (unpaired) electrons. The number of hydrogen-bond acceptors (Lipinski definition) is 3. The van der Waals surface area contributed by atoms with Gasteiger partial charge in [-0.2, -0.15) is 0 Å². The van der Waals surface area contributed by atoms with Gasteiger partial charge in [0, 0.05) is 10.3 Å². The molecule has 3 heteroatoms. The van der Waals surface area contributed by atoms with Gasteiger partial charge in [0.15, 0.2) is 0 Å². The van der Waals surface area contributed by atoms with E-state index in [-0.39, 0.29) is 0 Å². The first-order valence-electron chi connectivity index (χ1n) is 8.67. The molecule has 0 saturated heterocycles. The third-order valence-electron chi connectivity index (χ3n) is 4.55. The number of nitrogen functional groups attached to an aromatic ring is 1. The number of anilines is 1. The molecule has 3 aromatic rings. The molecule has 1 aromatic heterocycles. The van der Waals surface area contributed by atoms with Crippen LogP contribution < -0.4 is 5.73 Å². The summed E-state index contributed by atoms with van der Waals surface area (Å²) < 4.78 is 1.26. The van der Waals surface area contributed by atoms with Crippen molar-refractivity contribution in [1.82, 2.24) is 0 Å². The van der Waals surface area contributed by atoms with Crippen LogP contribution in [-0.4, -0.2) is 6.29 Å². The summed E-state index contributed by atoms with van der Waals surface area (Å²) in [5.41, 5.74) is 6.34. The van der Waals surface area contributed by atoms with E-state index in [9.17, 15) is 4.79 Å². The van der Waals surface area contributed by atoms with E-state index in [1.54, 1.807) is 23.5 Å². The summed E-state index contributed by atoms with van der Waals surface area (Å²) in [7, 11) is 0. The number of rotatable bonds is 1. The molecular weight excluding hydrogens is 326 g/mol. The maximum Gasteiger partial charge on any atom is 0.150 e. The standard InChI is InChI=1S/C8H7NS.C7H6O.C7H10/c9-8-5-6-3-1-2-4-7(6)10-8;8-6-7-4-2-1-3-5-7;1-2-7-4-3-6(1)5-7/h1-5H,9H2;1-6H;1-2,6-7H,3-5H2. The van der Waals surface area contributed by atoms with Gasteiger partial charge in [0.1, 0.15) is 6.29 Å². The molecule has 5 rings (SSSR count). The third kappa shape index (κ3) is 5.04. The van der Waals surface area contributed by atoms with Crippen LogP contribution in [0.5, 0.6) is 0 Å². The molecule has 0 spiro atoms. The highest BCUT2D eigenvalue weighted by Crippen LogP contribution is 2.38. The minimum Gasteiger partial charge on any atom is -0.391 e. The second kappa shape index (κ2) is 8.63. The van der Waals surface area contributed by atoms with Gasteiger partial charge in [-0.15, -0.1) is 11.3 Å². The minimum atomic E-state index is 0.729. The zero-order valence-electron chi connectivity index (χ0n) is 14.2. The molecule has 0 amide bonds. The van der Waals surface area contributed by atoms with Gasteiger partial charge in [0.25, 0.3) is 0 Å². The Balaban J connectivity index is 0.000000111. The molecule has 2 aliphatic rings. The van der Waals surface area contributed by atoms with Crippen LogP contribution in [0.25, 0.3) is 10.1 Å². The number of nitrogens with two attached hydrogens (primary N) is 1. The number of fused-ring (bicyclic) bond motifs is 3. The lowest BCUT2D eigenvalue weighted by Gasteiger charge is -1.96. The van der Waals surface area contributed by atoms with Crippen LogP contribution in [0.15, 0.2) is 72.8 Å². The van der Waals surface area contributed by atoms with Crippen molar-refractivity contribution in [3.63, 3.8) is 0 Å². The lowest BCUT2D eigenvalue weighted by molar-refractivity contribution is 0.112. The minimum absolute atomic E-state index is 0.729. The first-order chi connectivity index (χ1) is 12.2. The molecule has 1 fully saturated rings. The predicted octanol–water partition coefficient (Wildman–Crippen LogP) is 5.96. The molecule has 1 saturated carbocycles. The van der Waals surface area contributed by atoms with Crippen LogP contribution in [0.3, 0.4) is 0 Å². The molecule has 2 aromatic carbocycles. The highest BCUT2D eigenvalue weighted by molar-refractivity contribution is 7.22. The van der Waals surface area contributed by atoms with Crippen molar-refractivity contribution in [3.8, 4) is 0 Å². The summed E-state index contributed by atoms with van der Waals surface area (Å²) in [5, 5.41) is 2.13. The molecule has 0 aliphatic heterocycles. The van der Waals surface area contributed by atoms with E-state index >= 15 is 0 Å². The summed E-state index contributed by atoms with van der Waals surface area (Å²) in [6, 6.07) is 19.3. The molecule has 2 atom stereocenters. The van der Waals surface area contributed by atoms with Crippen LogP contribution in [0.4, 0.5) is 5.00 Å². The molecule has 2 bridgehead atoms. The van der Waals surface area contributed by atoms with Crippen molar-refractivity contribution in [3.05, 3.63) is 78.4 Å². The molecule has 2 unspecified atom stereocenters. The summed E-state index contributed by atoms with van der Waals surface area (Å²) >= 11 is 1.63. The molecule has 1 heterocycles. The van der Waals surface area contributed by atoms with Crippen LogP contribution in [-0.2, 0) is 0 Å². The summed E-state index contributed by atoms with van der Waals surface area (Å²) in [5.74, 6) is 1.98. The Morgan fingerprint density at radius 3 is 2.04 bits per heavy atom. The Hall–Kier alpha value is -2.39. The summed E-state index contributed by atoms with van der Waals surface area (Å²) in [6.45, 7) is 0. The second-order valence-electron chi connectivity index (χ2n) is 6.43. The number of thiophene rings is 1. The smallest absolute Gasteiger partial charge is 0.150 e. The van der Waals surface area contributed by atoms with Gasteiger partial charge in [0.2, 0.25) is 0 Å². The van der Waals surface area contributed by atoms with Crippen molar-refractivity contribution < 1.29 is 4.79 Å². The maximum atomic E-state index is 10.0. The van der Waals surface area contributed by atoms with Gasteiger partial charge < -0.3 is 5.73 Å². The average Bonchev–Trinajstić information content (AvgIpc) is 3.39. The van der Waals surface area contributed by atoms with Crippen molar-refractivity contribution in [2.45, 2.75) is 19.3 Å². The first-order valence-corrected chi connectivity index (χ1v) is 9.49. The van der Waals surface area contributed by atoms with E-state index < -0.39 is 0 Å². The number of allylic oxidation sites excluding steroid dienone is 2. The number of benzene rings is 2. The first kappa shape index (κ1) is 17.4. The van der Waals surface area contributed by atoms with Crippen LogP contribution >= 0.6 is 11.3 Å². The van der Waals surface area contributed by atoms with E-state index in [1.165, 1.54) is 29.3 Å². The number of hydrogen-bond donors (Lipinski definition) is 1. The lowest BCUT2D eigenvalue weighted by Crippen LogP contribution is -1.82. The normalized spacial score (nSPS) is 19.7. The van der Waals surface area contributed by atoms with E-state index in [4.69, 9.17) is 5.73 Å². The molecule has 2 nitrogen and oxygen atoms in total. The molecular formula is C22H23NOS. The fraction of sp³-hybridized carbons (Fsp3) is 0.227. The van der Waals surface area contributed by atoms with Crippen molar-refractivity contribution >= 4 is 32.7 Å². The molecule has 128 valence electrons. The van der Waals surface area contributed by atoms with Gasteiger partial charge in [-0.05, 0) is 48.6 Å². The highest BCUT2D eigenvalue weighted by atomic mass is 32.1. The average molecular weight is 349 g/mol. The van der Waals surface area contributed by atoms with Crippen LogP contribution in [0, 0.1) is 11.8 Å². The zero-order chi connectivity index (χ0) is 17.5. The lowest BCUT2D eigenvalue weighted by atomic mass is 10.1. The van der Waals surface area contributed by atoms with Crippen LogP contribution in [0.1, 0.15) is 29.6 Å². The fourth-order valence-electron chi connectivity index (χ4n) is 3.25. The Morgan fingerprint density at radius 2 is 1.56 bits per heavy atom. The van der Waals surface area contributed by atoms with E-state index in [1.807, 2.05) is 36.4 Å². The maximum absolute atomic E-state index is 10.0. The predicted molar refractivity (Wildman–Crippen MR) is 108 cm³/mol. The van der Waals surface area contributed by atoms with E-state index in [0.717, 1.165) is 28.7 Å². The van der Waals surface area contributed by atoms with Crippen molar-refractivity contribution in [1.29, 1.82) is 0 Å². The third-order valence-corrected chi connectivity index (χ3v) is 5.49. The van der Waals surface area contributed by atoms with Gasteiger partial charge >= 0.3 is 0 Å². The molecule has 25 heavy (non-hydrogen) atoms. The fourth-order valence-corrected chi connectivity index (χ4v) is 4.08. The van der Waals surface area contributed by atoms with Gasteiger partial charge in [-0.1, -0.05) is 60.7 Å². The van der Waals surface area contributed by atoms with Gasteiger partial charge in [0.05, 0.1) is 5.00 Å². The number of carbonyl (C=O) groups is 1. The Kier molecular flexibility index (Phi) is 6.02. The van der Waals surface area contributed by atoms with Crippen LogP contribution in [0.2, 0.25) is 0 Å². The second-order valence-corrected chi connectivity index (χ2v) is 7.55. The Bertz CT molecular complexity index is 792. The van der Waals surface area contributed by atoms with Crippen molar-refractivity contribution in [2.24, 2.45) is 11.8 Å². The largest absolute Gasteiger partial charge is 0.391 e. The number of aldehydes is 1. The monoisotopic (exact) mass is 349 g/mol. The van der Waals surface area contributed by atoms with Gasteiger partial charge in [-0.3, -0.25) is 4.79 Å². The topological polar surface area (TPSA) is 43.1 Å². The zero-order valence-corrected chi connectivity index (χ0v) is 15.0. The quantitative estimate of drug-likeness (QED) is 0.435. The highest BCUT2D eigenvalue weighted by Gasteiger charge is 2.25. The van der Waals surface area contributed by atoms with Gasteiger partial charge in [-0.25, -0.2) is 0 Å². The Morgan fingerprint density at radius 1 is 0.920 bits per heavy atom. The SMILES string of the molecule is C1=CC2CCC1C2.Nc1cc2ccccc2s1.O=Cc1ccccc1. The molecule has 2 N–H and O–H groups in total. The van der Waals surface area contributed by atoms with E-state index in [0.29, 0.717) is 0 Å². The summed E-state index contributed by atoms with van der Waals surface area (Å²) in [6.07, 6.45) is 10.0. The van der Waals surface area contributed by atoms with Crippen molar-refractivity contribution in [2.75, 3.05) is 5.73 Å². The summed E-state index contributed by atoms with van der Waals surface area (Å²) in [4.78, 5) is 10.0.